The molecule has 1 aliphatic heterocycles. The lowest BCUT2D eigenvalue weighted by molar-refractivity contribution is 0.0531. The van der Waals surface area contributed by atoms with Crippen LogP contribution in [-0.4, -0.2) is 26.8 Å². The van der Waals surface area contributed by atoms with Crippen molar-refractivity contribution in [2.75, 3.05) is 11.3 Å². The van der Waals surface area contributed by atoms with Gasteiger partial charge in [-0.3, -0.25) is 4.72 Å². The van der Waals surface area contributed by atoms with Crippen molar-refractivity contribution in [1.29, 1.82) is 0 Å². The standard InChI is InChI=1S/C9H11N3O4S2/c1-3-16-9(13)6-4(2)5-7(10)11-18(14,15)12-8(5)17-6/h12H,3H2,1-2H3,(H2,10,11). The van der Waals surface area contributed by atoms with Crippen molar-refractivity contribution in [3.63, 3.8) is 0 Å². The molecule has 0 radical (unpaired) electrons. The summed E-state index contributed by atoms with van der Waals surface area (Å²) in [6, 6.07) is 0. The Morgan fingerprint density at radius 2 is 2.22 bits per heavy atom. The van der Waals surface area contributed by atoms with Crippen molar-refractivity contribution < 1.29 is 17.9 Å². The van der Waals surface area contributed by atoms with Crippen LogP contribution in [0.15, 0.2) is 4.40 Å². The van der Waals surface area contributed by atoms with E-state index in [0.29, 0.717) is 21.0 Å². The van der Waals surface area contributed by atoms with Gasteiger partial charge in [0.25, 0.3) is 0 Å². The minimum absolute atomic E-state index is 0.118. The molecule has 1 aromatic heterocycles. The van der Waals surface area contributed by atoms with Crippen LogP contribution >= 0.6 is 11.3 Å². The molecular formula is C9H11N3O4S2. The van der Waals surface area contributed by atoms with Gasteiger partial charge in [-0.15, -0.1) is 15.7 Å². The zero-order valence-corrected chi connectivity index (χ0v) is 11.3. The van der Waals surface area contributed by atoms with E-state index in [4.69, 9.17) is 10.5 Å². The van der Waals surface area contributed by atoms with Gasteiger partial charge in [-0.2, -0.15) is 8.42 Å². The summed E-state index contributed by atoms with van der Waals surface area (Å²) in [5.41, 5.74) is 6.60. The molecule has 7 nitrogen and oxygen atoms in total. The first kappa shape index (κ1) is 12.8. The summed E-state index contributed by atoms with van der Waals surface area (Å²) in [6.45, 7) is 3.61. The molecule has 9 heteroatoms. The quantitative estimate of drug-likeness (QED) is 0.775. The first-order valence-corrected chi connectivity index (χ1v) is 7.30. The van der Waals surface area contributed by atoms with Crippen LogP contribution in [-0.2, 0) is 14.9 Å². The third-order valence-corrected chi connectivity index (χ3v) is 4.52. The van der Waals surface area contributed by atoms with Gasteiger partial charge >= 0.3 is 16.2 Å². The van der Waals surface area contributed by atoms with E-state index in [9.17, 15) is 13.2 Å². The molecule has 0 amide bonds. The lowest BCUT2D eigenvalue weighted by Crippen LogP contribution is -2.25. The Kier molecular flexibility index (Phi) is 3.03. The smallest absolute Gasteiger partial charge is 0.348 e. The third kappa shape index (κ3) is 2.06. The molecule has 0 unspecified atom stereocenters. The minimum atomic E-state index is -3.82. The molecule has 0 saturated heterocycles. The Morgan fingerprint density at radius 1 is 1.56 bits per heavy atom. The highest BCUT2D eigenvalue weighted by Gasteiger charge is 2.29. The van der Waals surface area contributed by atoms with Gasteiger partial charge < -0.3 is 10.5 Å². The van der Waals surface area contributed by atoms with Crippen LogP contribution in [0.4, 0.5) is 5.00 Å². The summed E-state index contributed by atoms with van der Waals surface area (Å²) in [6.07, 6.45) is 0. The molecule has 2 heterocycles. The van der Waals surface area contributed by atoms with Gasteiger partial charge in [-0.05, 0) is 19.4 Å². The van der Waals surface area contributed by atoms with E-state index in [-0.39, 0.29) is 12.4 Å². The average Bonchev–Trinajstić information content (AvgIpc) is 2.54. The number of fused-ring (bicyclic) bond motifs is 1. The number of nitrogens with two attached hydrogens (primary N) is 1. The second-order valence-electron chi connectivity index (χ2n) is 3.53. The first-order valence-electron chi connectivity index (χ1n) is 5.04. The van der Waals surface area contributed by atoms with Crippen LogP contribution in [0.1, 0.15) is 27.7 Å². The molecule has 3 N–H and O–H groups in total. The van der Waals surface area contributed by atoms with Gasteiger partial charge in [0.2, 0.25) is 0 Å². The van der Waals surface area contributed by atoms with Crippen LogP contribution in [0.5, 0.6) is 0 Å². The first-order chi connectivity index (χ1) is 8.35. The minimum Gasteiger partial charge on any atom is -0.462 e. The molecule has 2 rings (SSSR count). The predicted octanol–water partition coefficient (Wildman–Crippen LogP) is 0.609. The maximum Gasteiger partial charge on any atom is 0.348 e. The fourth-order valence-corrected chi connectivity index (χ4v) is 3.78. The van der Waals surface area contributed by atoms with Crippen LogP contribution in [0, 0.1) is 6.92 Å². The lowest BCUT2D eigenvalue weighted by atomic mass is 10.1. The summed E-state index contributed by atoms with van der Waals surface area (Å²) < 4.78 is 33.2. The number of carbonyl (C=O) groups excluding carboxylic acids is 1. The molecule has 0 aliphatic carbocycles. The predicted molar refractivity (Wildman–Crippen MR) is 68.3 cm³/mol. The average molecular weight is 289 g/mol. The number of hydrogen-bond donors (Lipinski definition) is 2. The van der Waals surface area contributed by atoms with Crippen molar-refractivity contribution in [1.82, 2.24) is 0 Å². The second kappa shape index (κ2) is 4.25. The zero-order chi connectivity index (χ0) is 13.5. The molecule has 0 spiro atoms. The van der Waals surface area contributed by atoms with Gasteiger partial charge in [0.05, 0.1) is 12.2 Å². The summed E-state index contributed by atoms with van der Waals surface area (Å²) in [5.74, 6) is -0.616. The van der Waals surface area contributed by atoms with E-state index in [2.05, 4.69) is 9.12 Å². The Balaban J connectivity index is 2.55. The van der Waals surface area contributed by atoms with Crippen LogP contribution in [0.25, 0.3) is 0 Å². The number of rotatable bonds is 2. The molecule has 98 valence electrons. The number of nitrogens with zero attached hydrogens (tertiary/aromatic N) is 1. The molecule has 18 heavy (non-hydrogen) atoms. The van der Waals surface area contributed by atoms with Crippen molar-refractivity contribution in [2.24, 2.45) is 10.1 Å². The maximum absolute atomic E-state index is 11.7. The van der Waals surface area contributed by atoms with Gasteiger partial charge in [0, 0.05) is 0 Å². The largest absolute Gasteiger partial charge is 0.462 e. The highest BCUT2D eigenvalue weighted by molar-refractivity contribution is 7.92. The van der Waals surface area contributed by atoms with Gasteiger partial charge in [0.1, 0.15) is 15.7 Å². The lowest BCUT2D eigenvalue weighted by Gasteiger charge is -2.11. The van der Waals surface area contributed by atoms with Gasteiger partial charge in [-0.1, -0.05) is 0 Å². The number of ether oxygens (including phenoxy) is 1. The molecule has 1 aliphatic rings. The number of carbonyl (C=O) groups is 1. The summed E-state index contributed by atoms with van der Waals surface area (Å²) in [4.78, 5) is 12.0. The Morgan fingerprint density at radius 3 is 2.83 bits per heavy atom. The van der Waals surface area contributed by atoms with Crippen LogP contribution in [0.2, 0.25) is 0 Å². The van der Waals surface area contributed by atoms with E-state index >= 15 is 0 Å². The van der Waals surface area contributed by atoms with Crippen molar-refractivity contribution >= 4 is 38.4 Å². The van der Waals surface area contributed by atoms with Crippen molar-refractivity contribution in [3.8, 4) is 0 Å². The zero-order valence-electron chi connectivity index (χ0n) is 9.68. The van der Waals surface area contributed by atoms with Gasteiger partial charge in [0.15, 0.2) is 0 Å². The second-order valence-corrected chi connectivity index (χ2v) is 5.89. The van der Waals surface area contributed by atoms with Crippen molar-refractivity contribution in [3.05, 3.63) is 16.0 Å². The number of esters is 1. The molecule has 0 aromatic carbocycles. The topological polar surface area (TPSA) is 111 Å². The van der Waals surface area contributed by atoms with Crippen LogP contribution < -0.4 is 10.5 Å². The Labute approximate surface area is 108 Å². The monoisotopic (exact) mass is 289 g/mol. The van der Waals surface area contributed by atoms with E-state index < -0.39 is 16.2 Å². The number of thiophene rings is 1. The Bertz CT molecular complexity index is 645. The molecule has 0 fully saturated rings. The summed E-state index contributed by atoms with van der Waals surface area (Å²) in [5, 5.41) is 0.294. The number of amidine groups is 1. The van der Waals surface area contributed by atoms with E-state index in [1.165, 1.54) is 0 Å². The van der Waals surface area contributed by atoms with E-state index in [1.54, 1.807) is 13.8 Å². The number of nitrogens with one attached hydrogen (secondary N) is 1. The molecule has 0 bridgehead atoms. The van der Waals surface area contributed by atoms with E-state index in [0.717, 1.165) is 11.3 Å². The number of anilines is 1. The third-order valence-electron chi connectivity index (χ3n) is 2.30. The van der Waals surface area contributed by atoms with Crippen LogP contribution in [0.3, 0.4) is 0 Å². The summed E-state index contributed by atoms with van der Waals surface area (Å²) >= 11 is 0.990. The summed E-state index contributed by atoms with van der Waals surface area (Å²) in [7, 11) is -3.82. The fourth-order valence-electron chi connectivity index (χ4n) is 1.60. The van der Waals surface area contributed by atoms with Crippen molar-refractivity contribution in [2.45, 2.75) is 13.8 Å². The molecule has 0 atom stereocenters. The normalized spacial score (nSPS) is 16.4. The highest BCUT2D eigenvalue weighted by Crippen LogP contribution is 2.36. The molecular weight excluding hydrogens is 278 g/mol. The van der Waals surface area contributed by atoms with Gasteiger partial charge in [-0.25, -0.2) is 4.79 Å². The SMILES string of the molecule is CCOC(=O)c1sc2c(c1C)C(N)=NS(=O)(=O)N2. The fraction of sp³-hybridized carbons (Fsp3) is 0.333. The highest BCUT2D eigenvalue weighted by atomic mass is 32.2. The Hall–Kier alpha value is -1.61. The van der Waals surface area contributed by atoms with E-state index in [1.807, 2.05) is 0 Å². The number of hydrogen-bond acceptors (Lipinski definition) is 6. The maximum atomic E-state index is 11.7. The molecule has 1 aromatic rings. The molecule has 0 saturated carbocycles.